The van der Waals surface area contributed by atoms with E-state index >= 15 is 0 Å². The van der Waals surface area contributed by atoms with Gasteiger partial charge in [0.25, 0.3) is 0 Å². The SMILES string of the molecule is CC(=O)NCCCc1nnc(SCC(=O)c2ccc(S(=O)(=O)N3CCOCC3)cc2)n1-c1ccc(C)cc1. The first-order chi connectivity index (χ1) is 18.3. The summed E-state index contributed by atoms with van der Waals surface area (Å²) < 4.78 is 34.3. The third kappa shape index (κ3) is 6.87. The molecule has 1 fully saturated rings. The van der Waals surface area contributed by atoms with E-state index in [1.807, 2.05) is 35.8 Å². The topological polar surface area (TPSA) is 123 Å². The monoisotopic (exact) mass is 557 g/mol. The molecule has 1 N–H and O–H groups in total. The lowest BCUT2D eigenvalue weighted by Crippen LogP contribution is -2.40. The highest BCUT2D eigenvalue weighted by Gasteiger charge is 2.26. The Morgan fingerprint density at radius 2 is 1.71 bits per heavy atom. The van der Waals surface area contributed by atoms with Crippen molar-refractivity contribution in [2.24, 2.45) is 0 Å². The number of rotatable bonds is 11. The van der Waals surface area contributed by atoms with Crippen LogP contribution in [0.3, 0.4) is 0 Å². The second-order valence-corrected chi connectivity index (χ2v) is 11.8. The molecule has 0 saturated carbocycles. The first-order valence-corrected chi connectivity index (χ1v) is 14.8. The predicted molar refractivity (Wildman–Crippen MR) is 144 cm³/mol. The van der Waals surface area contributed by atoms with Gasteiger partial charge in [0.05, 0.1) is 23.9 Å². The normalized spacial score (nSPS) is 14.4. The van der Waals surface area contributed by atoms with E-state index in [2.05, 4.69) is 15.5 Å². The van der Waals surface area contributed by atoms with E-state index < -0.39 is 10.0 Å². The van der Waals surface area contributed by atoms with Crippen LogP contribution in [0.5, 0.6) is 0 Å². The molecule has 0 spiro atoms. The van der Waals surface area contributed by atoms with Gasteiger partial charge in [0.2, 0.25) is 15.9 Å². The van der Waals surface area contributed by atoms with Crippen LogP contribution in [0.15, 0.2) is 58.6 Å². The van der Waals surface area contributed by atoms with Crippen molar-refractivity contribution in [3.63, 3.8) is 0 Å². The minimum Gasteiger partial charge on any atom is -0.379 e. The van der Waals surface area contributed by atoms with Crippen molar-refractivity contribution in [1.29, 1.82) is 0 Å². The number of nitrogens with zero attached hydrogens (tertiary/aromatic N) is 4. The molecule has 1 saturated heterocycles. The van der Waals surface area contributed by atoms with Crippen LogP contribution < -0.4 is 5.32 Å². The van der Waals surface area contributed by atoms with Crippen molar-refractivity contribution in [3.05, 3.63) is 65.5 Å². The molecule has 3 aromatic rings. The van der Waals surface area contributed by atoms with Gasteiger partial charge >= 0.3 is 0 Å². The minimum atomic E-state index is -3.62. The Hall–Kier alpha value is -3.06. The van der Waals surface area contributed by atoms with E-state index in [9.17, 15) is 18.0 Å². The zero-order valence-electron chi connectivity index (χ0n) is 21.4. The number of aryl methyl sites for hydroxylation is 2. The quantitative estimate of drug-likeness (QED) is 0.217. The van der Waals surface area contributed by atoms with E-state index in [4.69, 9.17) is 4.74 Å². The average molecular weight is 558 g/mol. The van der Waals surface area contributed by atoms with E-state index in [0.717, 1.165) is 17.1 Å². The molecule has 0 atom stereocenters. The summed E-state index contributed by atoms with van der Waals surface area (Å²) in [6.07, 6.45) is 1.31. The Labute approximate surface area is 226 Å². The Bertz CT molecular complexity index is 1370. The van der Waals surface area contributed by atoms with E-state index in [1.54, 1.807) is 12.1 Å². The van der Waals surface area contributed by atoms with E-state index in [1.165, 1.54) is 35.1 Å². The van der Waals surface area contributed by atoms with Gasteiger partial charge in [-0.05, 0) is 37.6 Å². The first kappa shape index (κ1) is 28.0. The van der Waals surface area contributed by atoms with Gasteiger partial charge in [-0.25, -0.2) is 8.42 Å². The first-order valence-electron chi connectivity index (χ1n) is 12.4. The second-order valence-electron chi connectivity index (χ2n) is 8.91. The van der Waals surface area contributed by atoms with Crippen LogP contribution in [0, 0.1) is 6.92 Å². The number of morpholine rings is 1. The Balaban J connectivity index is 1.45. The standard InChI is InChI=1S/C26H31N5O5S2/c1-19-5-9-22(10-6-19)31-25(4-3-13-27-20(2)32)28-29-26(31)37-18-24(33)21-7-11-23(12-8-21)38(34,35)30-14-16-36-17-15-30/h5-12H,3-4,13-18H2,1-2H3,(H,27,32). The summed E-state index contributed by atoms with van der Waals surface area (Å²) in [5.74, 6) is 0.639. The maximum Gasteiger partial charge on any atom is 0.243 e. The van der Waals surface area contributed by atoms with E-state index in [0.29, 0.717) is 56.4 Å². The number of benzene rings is 2. The van der Waals surface area contributed by atoms with Gasteiger partial charge in [-0.1, -0.05) is 41.6 Å². The molecule has 4 rings (SSSR count). The summed E-state index contributed by atoms with van der Waals surface area (Å²) in [6, 6.07) is 14.0. The van der Waals surface area contributed by atoms with Crippen LogP contribution in [0.2, 0.25) is 0 Å². The molecule has 0 radical (unpaired) electrons. The molecule has 1 aliphatic heterocycles. The van der Waals surface area contributed by atoms with Gasteiger partial charge in [0, 0.05) is 44.2 Å². The number of hydrogen-bond acceptors (Lipinski definition) is 8. The van der Waals surface area contributed by atoms with Crippen molar-refractivity contribution >= 4 is 33.5 Å². The Morgan fingerprint density at radius 3 is 2.37 bits per heavy atom. The van der Waals surface area contributed by atoms with E-state index in [-0.39, 0.29) is 22.3 Å². The molecule has 38 heavy (non-hydrogen) atoms. The fourth-order valence-electron chi connectivity index (χ4n) is 3.98. The molecule has 12 heteroatoms. The fraction of sp³-hybridized carbons (Fsp3) is 0.385. The zero-order valence-corrected chi connectivity index (χ0v) is 23.1. The van der Waals surface area contributed by atoms with Crippen molar-refractivity contribution < 1.29 is 22.7 Å². The summed E-state index contributed by atoms with van der Waals surface area (Å²) in [5, 5.41) is 12.1. The highest BCUT2D eigenvalue weighted by Crippen LogP contribution is 2.25. The molecular formula is C26H31N5O5S2. The summed E-state index contributed by atoms with van der Waals surface area (Å²) in [5.41, 5.74) is 2.44. The number of nitrogens with one attached hydrogen (secondary N) is 1. The maximum atomic E-state index is 13.0. The molecule has 0 bridgehead atoms. The van der Waals surface area contributed by atoms with Crippen LogP contribution in [0.25, 0.3) is 5.69 Å². The third-order valence-electron chi connectivity index (χ3n) is 6.06. The Morgan fingerprint density at radius 1 is 1.03 bits per heavy atom. The fourth-order valence-corrected chi connectivity index (χ4v) is 6.26. The smallest absolute Gasteiger partial charge is 0.243 e. The molecule has 2 heterocycles. The van der Waals surface area contributed by atoms with Crippen molar-refractivity contribution in [2.75, 3.05) is 38.6 Å². The summed E-state index contributed by atoms with van der Waals surface area (Å²) in [4.78, 5) is 24.3. The lowest BCUT2D eigenvalue weighted by molar-refractivity contribution is -0.118. The molecule has 10 nitrogen and oxygen atoms in total. The van der Waals surface area contributed by atoms with Gasteiger partial charge < -0.3 is 10.1 Å². The number of aromatic nitrogens is 3. The van der Waals surface area contributed by atoms with Crippen LogP contribution in [-0.2, 0) is 26.0 Å². The number of ether oxygens (including phenoxy) is 1. The lowest BCUT2D eigenvalue weighted by atomic mass is 10.1. The molecule has 1 aliphatic rings. The number of carbonyl (C=O) groups excluding carboxylic acids is 2. The highest BCUT2D eigenvalue weighted by atomic mass is 32.2. The molecule has 1 amide bonds. The minimum absolute atomic E-state index is 0.0773. The third-order valence-corrected chi connectivity index (χ3v) is 8.90. The largest absolute Gasteiger partial charge is 0.379 e. The molecule has 2 aromatic carbocycles. The van der Waals surface area contributed by atoms with Gasteiger partial charge in [-0.2, -0.15) is 4.31 Å². The summed E-state index contributed by atoms with van der Waals surface area (Å²) in [6.45, 7) is 5.41. The zero-order chi connectivity index (χ0) is 27.1. The lowest BCUT2D eigenvalue weighted by Gasteiger charge is -2.26. The predicted octanol–water partition coefficient (Wildman–Crippen LogP) is 2.64. The molecular weight excluding hydrogens is 526 g/mol. The maximum absolute atomic E-state index is 13.0. The van der Waals surface area contributed by atoms with Crippen molar-refractivity contribution in [2.45, 2.75) is 36.7 Å². The number of hydrogen-bond donors (Lipinski definition) is 1. The average Bonchev–Trinajstić information content (AvgIpc) is 3.33. The number of thioether (sulfide) groups is 1. The van der Waals surface area contributed by atoms with Gasteiger partial charge in [0.15, 0.2) is 10.9 Å². The van der Waals surface area contributed by atoms with Gasteiger partial charge in [-0.15, -0.1) is 10.2 Å². The van der Waals surface area contributed by atoms with Crippen molar-refractivity contribution in [3.8, 4) is 5.69 Å². The molecule has 0 unspecified atom stereocenters. The molecule has 1 aromatic heterocycles. The second kappa shape index (κ2) is 12.7. The summed E-state index contributed by atoms with van der Waals surface area (Å²) >= 11 is 1.28. The van der Waals surface area contributed by atoms with Gasteiger partial charge in [0.1, 0.15) is 5.82 Å². The van der Waals surface area contributed by atoms with Crippen LogP contribution in [-0.4, -0.2) is 77.8 Å². The van der Waals surface area contributed by atoms with Crippen LogP contribution in [0.1, 0.15) is 35.1 Å². The van der Waals surface area contributed by atoms with Crippen LogP contribution in [0.4, 0.5) is 0 Å². The molecule has 202 valence electrons. The number of amides is 1. The van der Waals surface area contributed by atoms with Gasteiger partial charge in [-0.3, -0.25) is 14.2 Å². The number of ketones is 1. The number of sulfonamides is 1. The highest BCUT2D eigenvalue weighted by molar-refractivity contribution is 7.99. The molecule has 0 aliphatic carbocycles. The van der Waals surface area contributed by atoms with Crippen LogP contribution >= 0.6 is 11.8 Å². The summed E-state index contributed by atoms with van der Waals surface area (Å²) in [7, 11) is -3.62. The van der Waals surface area contributed by atoms with Crippen molar-refractivity contribution in [1.82, 2.24) is 24.4 Å². The number of Topliss-reactive ketones (excluding diaryl/α,β-unsaturated/α-hetero) is 1. The Kier molecular flexibility index (Phi) is 9.31. The number of carbonyl (C=O) groups is 2.